The summed E-state index contributed by atoms with van der Waals surface area (Å²) in [7, 11) is 1.59. The first-order chi connectivity index (χ1) is 14.4. The summed E-state index contributed by atoms with van der Waals surface area (Å²) in [6, 6.07) is 1.75. The number of piperidine rings is 1. The molecule has 30 heavy (non-hydrogen) atoms. The third-order valence-electron chi connectivity index (χ3n) is 6.31. The van der Waals surface area contributed by atoms with Crippen LogP contribution in [0.15, 0.2) is 24.5 Å². The number of ether oxygens (including phenoxy) is 4. The first-order valence-electron chi connectivity index (χ1n) is 10.5. The van der Waals surface area contributed by atoms with Crippen molar-refractivity contribution in [3.05, 3.63) is 35.6 Å². The van der Waals surface area contributed by atoms with Crippen molar-refractivity contribution >= 4 is 11.5 Å². The molecule has 3 aliphatic heterocycles. The summed E-state index contributed by atoms with van der Waals surface area (Å²) in [5.41, 5.74) is 1.20. The summed E-state index contributed by atoms with van der Waals surface area (Å²) in [5.74, 6) is 1.33. The van der Waals surface area contributed by atoms with Crippen molar-refractivity contribution in [2.24, 2.45) is 5.92 Å². The highest BCUT2D eigenvalue weighted by molar-refractivity contribution is 5.95. The molecule has 2 unspecified atom stereocenters. The van der Waals surface area contributed by atoms with E-state index in [0.29, 0.717) is 34.8 Å². The number of hydrogen-bond donors (Lipinski definition) is 2. The molecule has 1 aromatic rings. The molecule has 2 N–H and O–H groups in total. The van der Waals surface area contributed by atoms with Gasteiger partial charge in [0.25, 0.3) is 0 Å². The Morgan fingerprint density at radius 3 is 2.77 bits per heavy atom. The predicted molar refractivity (Wildman–Crippen MR) is 112 cm³/mol. The molecule has 1 fully saturated rings. The molecule has 2 atom stereocenters. The van der Waals surface area contributed by atoms with Crippen LogP contribution < -0.4 is 19.5 Å². The van der Waals surface area contributed by atoms with E-state index >= 15 is 0 Å². The lowest BCUT2D eigenvalue weighted by molar-refractivity contribution is -0.141. The highest BCUT2D eigenvalue weighted by Crippen LogP contribution is 2.50. The summed E-state index contributed by atoms with van der Waals surface area (Å²) >= 11 is 0. The first kappa shape index (κ1) is 20.8. The van der Waals surface area contributed by atoms with Crippen molar-refractivity contribution in [3.63, 3.8) is 0 Å². The molecule has 0 saturated carbocycles. The number of esters is 1. The van der Waals surface area contributed by atoms with E-state index in [4.69, 9.17) is 18.9 Å². The lowest BCUT2D eigenvalue weighted by atomic mass is 9.77. The molecule has 7 heteroatoms. The lowest BCUT2D eigenvalue weighted by Gasteiger charge is -2.39. The average Bonchev–Trinajstić information content (AvgIpc) is 3.17. The third-order valence-corrected chi connectivity index (χ3v) is 6.31. The van der Waals surface area contributed by atoms with E-state index in [0.717, 1.165) is 31.5 Å². The van der Waals surface area contributed by atoms with Crippen molar-refractivity contribution in [1.82, 2.24) is 5.32 Å². The lowest BCUT2D eigenvalue weighted by Crippen LogP contribution is -2.51. The number of aliphatic hydroxyl groups is 1. The van der Waals surface area contributed by atoms with Crippen LogP contribution in [0.1, 0.15) is 37.8 Å². The molecule has 162 valence electrons. The highest BCUT2D eigenvalue weighted by atomic mass is 16.6. The monoisotopic (exact) mass is 415 g/mol. The van der Waals surface area contributed by atoms with Crippen LogP contribution in [-0.2, 0) is 16.0 Å². The number of rotatable bonds is 5. The smallest absolute Gasteiger partial charge is 0.374 e. The topological polar surface area (TPSA) is 86.3 Å². The van der Waals surface area contributed by atoms with Crippen molar-refractivity contribution in [2.75, 3.05) is 26.8 Å². The molecule has 4 rings (SSSR count). The zero-order valence-electron chi connectivity index (χ0n) is 17.7. The fourth-order valence-electron chi connectivity index (χ4n) is 4.62. The van der Waals surface area contributed by atoms with E-state index in [1.807, 2.05) is 6.92 Å². The minimum Gasteiger partial charge on any atom is -0.496 e. The van der Waals surface area contributed by atoms with Gasteiger partial charge in [0, 0.05) is 18.1 Å². The van der Waals surface area contributed by atoms with Gasteiger partial charge in [-0.25, -0.2) is 4.79 Å². The molecule has 3 heterocycles. The van der Waals surface area contributed by atoms with Crippen LogP contribution in [0, 0.1) is 5.92 Å². The number of hydrogen-bond acceptors (Lipinski definition) is 7. The number of nitrogens with one attached hydrogen (secondary N) is 1. The molecule has 0 aliphatic carbocycles. The molecule has 7 nitrogen and oxygen atoms in total. The van der Waals surface area contributed by atoms with E-state index in [1.54, 1.807) is 26.2 Å². The second-order valence-corrected chi connectivity index (χ2v) is 8.18. The van der Waals surface area contributed by atoms with Gasteiger partial charge in [-0.3, -0.25) is 0 Å². The van der Waals surface area contributed by atoms with Crippen molar-refractivity contribution < 1.29 is 28.8 Å². The van der Waals surface area contributed by atoms with Gasteiger partial charge in [0.15, 0.2) is 0 Å². The van der Waals surface area contributed by atoms with Crippen LogP contribution in [-0.4, -0.2) is 49.6 Å². The summed E-state index contributed by atoms with van der Waals surface area (Å²) in [6.45, 7) is 9.73. The minimum atomic E-state index is -0.973. The highest BCUT2D eigenvalue weighted by Gasteiger charge is 2.46. The summed E-state index contributed by atoms with van der Waals surface area (Å²) in [4.78, 5) is 12.1. The van der Waals surface area contributed by atoms with Crippen LogP contribution in [0.25, 0.3) is 5.57 Å². The number of allylic oxidation sites excluding steroid dienone is 2. The van der Waals surface area contributed by atoms with Gasteiger partial charge in [-0.15, -0.1) is 0 Å². The summed E-state index contributed by atoms with van der Waals surface area (Å²) in [6.07, 6.45) is 3.52. The quantitative estimate of drug-likeness (QED) is 0.715. The van der Waals surface area contributed by atoms with Crippen LogP contribution >= 0.6 is 0 Å². The Kier molecular flexibility index (Phi) is 5.51. The minimum absolute atomic E-state index is 0.0765. The molecule has 1 saturated heterocycles. The molecule has 0 aromatic heterocycles. The van der Waals surface area contributed by atoms with Gasteiger partial charge in [-0.05, 0) is 57.3 Å². The van der Waals surface area contributed by atoms with E-state index in [2.05, 4.69) is 11.9 Å². The van der Waals surface area contributed by atoms with E-state index in [9.17, 15) is 9.90 Å². The zero-order chi connectivity index (χ0) is 21.5. The van der Waals surface area contributed by atoms with Gasteiger partial charge in [-0.2, -0.15) is 0 Å². The Labute approximate surface area is 176 Å². The molecule has 1 aromatic carbocycles. The molecular weight excluding hydrogens is 386 g/mol. The van der Waals surface area contributed by atoms with Crippen LogP contribution in [0.3, 0.4) is 0 Å². The van der Waals surface area contributed by atoms with E-state index < -0.39 is 11.6 Å². The Morgan fingerprint density at radius 2 is 2.10 bits per heavy atom. The molecule has 0 bridgehead atoms. The van der Waals surface area contributed by atoms with Crippen molar-refractivity contribution in [3.8, 4) is 17.2 Å². The standard InChI is InChI=1S/C23H29NO6/c1-5-28-22(25)18-10-13(2)20-17(29-18)12-16-15(21(20)27-4)11-19(30-16)23(3,26)14-6-8-24-9-7-14/h10,12,14,19,24,26H,2,5-9,11H2,1,3-4H3. The predicted octanol–water partition coefficient (Wildman–Crippen LogP) is 2.60. The SMILES string of the molecule is C=C1C=C(C(=O)OCC)Oc2cc3c(c(OC)c21)CC(C(C)(O)C1CCNCC1)O3. The summed E-state index contributed by atoms with van der Waals surface area (Å²) in [5, 5.41) is 14.7. The maximum absolute atomic E-state index is 12.1. The van der Waals surface area contributed by atoms with E-state index in [1.165, 1.54) is 0 Å². The Morgan fingerprint density at radius 1 is 1.37 bits per heavy atom. The number of carbonyl (C=O) groups is 1. The molecule has 0 amide bonds. The van der Waals surface area contributed by atoms with Crippen molar-refractivity contribution in [2.45, 2.75) is 44.8 Å². The molecule has 0 radical (unpaired) electrons. The van der Waals surface area contributed by atoms with Gasteiger partial charge in [0.1, 0.15) is 29.0 Å². The maximum atomic E-state index is 12.1. The second-order valence-electron chi connectivity index (χ2n) is 8.18. The van der Waals surface area contributed by atoms with Gasteiger partial charge in [-0.1, -0.05) is 6.58 Å². The molecular formula is C23H29NO6. The van der Waals surface area contributed by atoms with Crippen LogP contribution in [0.5, 0.6) is 17.2 Å². The van der Waals surface area contributed by atoms with Gasteiger partial charge in [0.05, 0.1) is 19.3 Å². The second kappa shape index (κ2) is 7.96. The average molecular weight is 415 g/mol. The number of methoxy groups -OCH3 is 1. The zero-order valence-corrected chi connectivity index (χ0v) is 17.7. The number of benzene rings is 1. The van der Waals surface area contributed by atoms with Gasteiger partial charge < -0.3 is 29.4 Å². The normalized spacial score (nSPS) is 22.7. The molecule has 3 aliphatic rings. The summed E-state index contributed by atoms with van der Waals surface area (Å²) < 4.78 is 22.8. The van der Waals surface area contributed by atoms with Gasteiger partial charge in [0.2, 0.25) is 5.76 Å². The van der Waals surface area contributed by atoms with Crippen LogP contribution in [0.2, 0.25) is 0 Å². The maximum Gasteiger partial charge on any atom is 0.374 e. The Hall–Kier alpha value is -2.51. The largest absolute Gasteiger partial charge is 0.496 e. The fraction of sp³-hybridized carbons (Fsp3) is 0.522. The Bertz CT molecular complexity index is 897. The first-order valence-corrected chi connectivity index (χ1v) is 10.5. The van der Waals surface area contributed by atoms with E-state index in [-0.39, 0.29) is 24.4 Å². The third kappa shape index (κ3) is 3.46. The van der Waals surface area contributed by atoms with Crippen LogP contribution in [0.4, 0.5) is 0 Å². The number of fused-ring (bicyclic) bond motifs is 2. The molecule has 0 spiro atoms. The number of carbonyl (C=O) groups excluding carboxylic acids is 1. The van der Waals surface area contributed by atoms with Gasteiger partial charge >= 0.3 is 5.97 Å². The fourth-order valence-corrected chi connectivity index (χ4v) is 4.62. The Balaban J connectivity index is 1.65. The van der Waals surface area contributed by atoms with Crippen molar-refractivity contribution in [1.29, 1.82) is 0 Å².